The minimum atomic E-state index is -0.368. The average Bonchev–Trinajstić information content (AvgIpc) is 2.72. The van der Waals surface area contributed by atoms with E-state index in [1.165, 1.54) is 6.07 Å². The van der Waals surface area contributed by atoms with Gasteiger partial charge in [0.25, 0.3) is 5.19 Å². The van der Waals surface area contributed by atoms with Crippen molar-refractivity contribution >= 4 is 27.5 Å². The molecule has 0 N–H and O–H groups in total. The van der Waals surface area contributed by atoms with Crippen LogP contribution in [0.3, 0.4) is 0 Å². The molecule has 96 valence electrons. The van der Waals surface area contributed by atoms with Crippen LogP contribution in [0.15, 0.2) is 22.7 Å². The Balaban J connectivity index is 2.19. The number of nitrogens with zero attached hydrogens (tertiary/aromatic N) is 2. The summed E-state index contributed by atoms with van der Waals surface area (Å²) in [5.41, 5.74) is -0.122. The minimum absolute atomic E-state index is 0.122. The fourth-order valence-corrected chi connectivity index (χ4v) is 2.18. The summed E-state index contributed by atoms with van der Waals surface area (Å²) in [6, 6.07) is 4.57. The molecule has 0 radical (unpaired) electrons. The maximum atomic E-state index is 13.3. The van der Waals surface area contributed by atoms with E-state index in [9.17, 15) is 4.39 Å². The summed E-state index contributed by atoms with van der Waals surface area (Å²) in [6.45, 7) is 6.08. The van der Waals surface area contributed by atoms with Crippen LogP contribution in [0, 0.1) is 5.82 Å². The first-order valence-electron chi connectivity index (χ1n) is 5.33. The van der Waals surface area contributed by atoms with Crippen molar-refractivity contribution < 1.29 is 9.13 Å². The van der Waals surface area contributed by atoms with Crippen LogP contribution >= 0.6 is 27.5 Å². The molecule has 0 saturated carbocycles. The van der Waals surface area contributed by atoms with Gasteiger partial charge >= 0.3 is 0 Å². The first kappa shape index (κ1) is 13.4. The van der Waals surface area contributed by atoms with Crippen LogP contribution in [0.5, 0.6) is 10.9 Å². The highest BCUT2D eigenvalue weighted by atomic mass is 79.9. The largest absolute Gasteiger partial charge is 0.430 e. The Labute approximate surface area is 117 Å². The van der Waals surface area contributed by atoms with Crippen LogP contribution in [-0.2, 0) is 5.41 Å². The van der Waals surface area contributed by atoms with Crippen LogP contribution in [0.25, 0.3) is 0 Å². The lowest BCUT2D eigenvalue weighted by Crippen LogP contribution is -2.12. The van der Waals surface area contributed by atoms with Crippen LogP contribution in [0.2, 0.25) is 0 Å². The molecule has 0 aliphatic heterocycles. The van der Waals surface area contributed by atoms with Gasteiger partial charge in [0.1, 0.15) is 11.6 Å². The van der Waals surface area contributed by atoms with E-state index < -0.39 is 0 Å². The Kier molecular flexibility index (Phi) is 3.68. The molecule has 2 aromatic rings. The zero-order chi connectivity index (χ0) is 13.3. The number of ether oxygens (including phenoxy) is 1. The van der Waals surface area contributed by atoms with E-state index in [0.29, 0.717) is 15.4 Å². The van der Waals surface area contributed by atoms with E-state index in [1.54, 1.807) is 12.1 Å². The SMILES string of the molecule is CC(C)(C)c1nsc(Oc2ccc(Br)c(F)c2)n1. The van der Waals surface area contributed by atoms with E-state index >= 15 is 0 Å². The monoisotopic (exact) mass is 330 g/mol. The van der Waals surface area contributed by atoms with E-state index in [4.69, 9.17) is 4.74 Å². The van der Waals surface area contributed by atoms with Gasteiger partial charge < -0.3 is 4.74 Å². The fourth-order valence-electron chi connectivity index (χ4n) is 1.20. The molecule has 0 fully saturated rings. The number of aromatic nitrogens is 2. The first-order valence-corrected chi connectivity index (χ1v) is 6.90. The van der Waals surface area contributed by atoms with Crippen molar-refractivity contribution in [1.82, 2.24) is 9.36 Å². The zero-order valence-electron chi connectivity index (χ0n) is 10.2. The summed E-state index contributed by atoms with van der Waals surface area (Å²) < 4.78 is 23.4. The molecule has 1 aromatic carbocycles. The topological polar surface area (TPSA) is 35.0 Å². The van der Waals surface area contributed by atoms with E-state index in [2.05, 4.69) is 25.3 Å². The van der Waals surface area contributed by atoms with Crippen LogP contribution in [0.4, 0.5) is 4.39 Å². The smallest absolute Gasteiger partial charge is 0.298 e. The molecule has 1 heterocycles. The maximum absolute atomic E-state index is 13.3. The molecule has 0 saturated heterocycles. The molecule has 1 aromatic heterocycles. The predicted octanol–water partition coefficient (Wildman–Crippen LogP) is 4.53. The Morgan fingerprint density at radius 1 is 1.33 bits per heavy atom. The molecular weight excluding hydrogens is 319 g/mol. The van der Waals surface area contributed by atoms with Gasteiger partial charge in [0.15, 0.2) is 5.82 Å². The summed E-state index contributed by atoms with van der Waals surface area (Å²) in [7, 11) is 0. The summed E-state index contributed by atoms with van der Waals surface area (Å²) in [5.74, 6) is 0.764. The van der Waals surface area contributed by atoms with Gasteiger partial charge in [0.05, 0.1) is 4.47 Å². The maximum Gasteiger partial charge on any atom is 0.298 e. The number of halogens is 2. The van der Waals surface area contributed by atoms with E-state index in [-0.39, 0.29) is 11.2 Å². The molecule has 0 unspecified atom stereocenters. The zero-order valence-corrected chi connectivity index (χ0v) is 12.6. The lowest BCUT2D eigenvalue weighted by molar-refractivity contribution is 0.463. The molecule has 3 nitrogen and oxygen atoms in total. The molecule has 2 rings (SSSR count). The van der Waals surface area contributed by atoms with Crippen LogP contribution in [0.1, 0.15) is 26.6 Å². The van der Waals surface area contributed by atoms with Gasteiger partial charge in [-0.15, -0.1) is 0 Å². The van der Waals surface area contributed by atoms with Gasteiger partial charge in [-0.25, -0.2) is 4.39 Å². The molecule has 0 amide bonds. The Morgan fingerprint density at radius 3 is 2.61 bits per heavy atom. The third-order valence-electron chi connectivity index (χ3n) is 2.17. The van der Waals surface area contributed by atoms with Crippen molar-refractivity contribution in [2.45, 2.75) is 26.2 Å². The second-order valence-corrected chi connectivity index (χ2v) is 6.38. The molecule has 0 aliphatic rings. The standard InChI is InChI=1S/C12H12BrFN2OS/c1-12(2,3)10-15-11(18-16-10)17-7-4-5-8(13)9(14)6-7/h4-6H,1-3H3. The molecule has 0 spiro atoms. The van der Waals surface area contributed by atoms with Gasteiger partial charge in [-0.2, -0.15) is 9.36 Å². The molecule has 0 bridgehead atoms. The van der Waals surface area contributed by atoms with Crippen molar-refractivity contribution in [3.8, 4) is 10.9 Å². The normalized spacial score (nSPS) is 11.6. The summed E-state index contributed by atoms with van der Waals surface area (Å²) in [4.78, 5) is 4.28. The molecule has 0 aliphatic carbocycles. The highest BCUT2D eigenvalue weighted by Crippen LogP contribution is 2.29. The van der Waals surface area contributed by atoms with Crippen molar-refractivity contribution in [3.05, 3.63) is 34.3 Å². The van der Waals surface area contributed by atoms with Crippen molar-refractivity contribution in [1.29, 1.82) is 0 Å². The Bertz CT molecular complexity index is 565. The van der Waals surface area contributed by atoms with Gasteiger partial charge in [-0.05, 0) is 28.1 Å². The van der Waals surface area contributed by atoms with Crippen LogP contribution < -0.4 is 4.74 Å². The van der Waals surface area contributed by atoms with E-state index in [1.807, 2.05) is 20.8 Å². The molecule has 0 atom stereocenters. The average molecular weight is 331 g/mol. The third kappa shape index (κ3) is 3.05. The van der Waals surface area contributed by atoms with Crippen molar-refractivity contribution in [3.63, 3.8) is 0 Å². The lowest BCUT2D eigenvalue weighted by atomic mass is 9.96. The molecular formula is C12H12BrFN2OS. The van der Waals surface area contributed by atoms with Crippen molar-refractivity contribution in [2.75, 3.05) is 0 Å². The van der Waals surface area contributed by atoms with Gasteiger partial charge in [0, 0.05) is 23.0 Å². The minimum Gasteiger partial charge on any atom is -0.430 e. The quantitative estimate of drug-likeness (QED) is 0.811. The summed E-state index contributed by atoms with van der Waals surface area (Å²) in [6.07, 6.45) is 0. The fraction of sp³-hybridized carbons (Fsp3) is 0.333. The summed E-state index contributed by atoms with van der Waals surface area (Å²) >= 11 is 4.25. The van der Waals surface area contributed by atoms with Crippen molar-refractivity contribution in [2.24, 2.45) is 0 Å². The highest BCUT2D eigenvalue weighted by molar-refractivity contribution is 9.10. The second kappa shape index (κ2) is 4.93. The van der Waals surface area contributed by atoms with Gasteiger partial charge in [0.2, 0.25) is 0 Å². The van der Waals surface area contributed by atoms with Gasteiger partial charge in [-0.1, -0.05) is 20.8 Å². The Hall–Kier alpha value is -1.01. The lowest BCUT2D eigenvalue weighted by Gasteiger charge is -2.11. The highest BCUT2D eigenvalue weighted by Gasteiger charge is 2.20. The van der Waals surface area contributed by atoms with Gasteiger partial charge in [-0.3, -0.25) is 0 Å². The Morgan fingerprint density at radius 2 is 2.06 bits per heavy atom. The predicted molar refractivity (Wildman–Crippen MR) is 72.8 cm³/mol. The summed E-state index contributed by atoms with van der Waals surface area (Å²) in [5, 5.41) is 0.418. The second-order valence-electron chi connectivity index (χ2n) is 4.81. The number of hydrogen-bond acceptors (Lipinski definition) is 4. The molecule has 6 heteroatoms. The van der Waals surface area contributed by atoms with E-state index in [0.717, 1.165) is 17.4 Å². The molecule has 18 heavy (non-hydrogen) atoms. The van der Waals surface area contributed by atoms with Crippen LogP contribution in [-0.4, -0.2) is 9.36 Å². The third-order valence-corrected chi connectivity index (χ3v) is 3.41. The first-order chi connectivity index (χ1) is 8.36. The number of hydrogen-bond donors (Lipinski definition) is 0. The number of benzene rings is 1. The number of rotatable bonds is 2.